The van der Waals surface area contributed by atoms with Crippen molar-refractivity contribution in [1.29, 1.82) is 0 Å². The van der Waals surface area contributed by atoms with E-state index < -0.39 is 0 Å². The summed E-state index contributed by atoms with van der Waals surface area (Å²) in [4.78, 5) is 6.63. The van der Waals surface area contributed by atoms with Gasteiger partial charge in [-0.15, -0.1) is 0 Å². The molecular weight excluding hydrogens is 266 g/mol. The number of thioether (sulfide) groups is 1. The Labute approximate surface area is 119 Å². The lowest BCUT2D eigenvalue weighted by Crippen LogP contribution is -2.30. The molecule has 0 amide bonds. The molecule has 1 aromatic rings. The van der Waals surface area contributed by atoms with Crippen molar-refractivity contribution in [3.63, 3.8) is 0 Å². The maximum Gasteiger partial charge on any atom is 0.147 e. The van der Waals surface area contributed by atoms with E-state index in [0.29, 0.717) is 6.04 Å². The molecule has 0 spiro atoms. The molecule has 1 unspecified atom stereocenters. The Morgan fingerprint density at radius 3 is 2.83 bits per heavy atom. The van der Waals surface area contributed by atoms with Crippen LogP contribution in [-0.4, -0.2) is 37.1 Å². The van der Waals surface area contributed by atoms with E-state index in [4.69, 9.17) is 11.6 Å². The van der Waals surface area contributed by atoms with Gasteiger partial charge in [-0.2, -0.15) is 11.8 Å². The van der Waals surface area contributed by atoms with Gasteiger partial charge < -0.3 is 10.2 Å². The second-order valence-corrected chi connectivity index (χ2v) is 5.81. The molecule has 1 atom stereocenters. The van der Waals surface area contributed by atoms with E-state index >= 15 is 0 Å². The monoisotopic (exact) mass is 287 g/mol. The van der Waals surface area contributed by atoms with Crippen LogP contribution in [-0.2, 0) is 6.54 Å². The number of aromatic nitrogens is 1. The molecule has 1 N–H and O–H groups in total. The third-order valence-corrected chi connectivity index (χ3v) is 3.92. The van der Waals surface area contributed by atoms with Gasteiger partial charge in [-0.05, 0) is 44.0 Å². The number of hydrogen-bond donors (Lipinski definition) is 1. The van der Waals surface area contributed by atoms with Crippen molar-refractivity contribution in [3.8, 4) is 0 Å². The van der Waals surface area contributed by atoms with Gasteiger partial charge in [0.15, 0.2) is 0 Å². The van der Waals surface area contributed by atoms with Crippen LogP contribution in [0, 0.1) is 0 Å². The molecule has 0 fully saturated rings. The first-order chi connectivity index (χ1) is 8.60. The van der Waals surface area contributed by atoms with Gasteiger partial charge >= 0.3 is 0 Å². The molecule has 0 aliphatic heterocycles. The van der Waals surface area contributed by atoms with Crippen molar-refractivity contribution in [2.75, 3.05) is 31.0 Å². The summed E-state index contributed by atoms with van der Waals surface area (Å²) >= 11 is 8.17. The fourth-order valence-electron chi connectivity index (χ4n) is 1.72. The molecule has 1 heterocycles. The molecule has 0 saturated heterocycles. The molecule has 0 saturated carbocycles. The maximum atomic E-state index is 6.30. The van der Waals surface area contributed by atoms with E-state index in [0.717, 1.165) is 35.1 Å². The fourth-order valence-corrected chi connectivity index (χ4v) is 2.62. The number of nitrogens with one attached hydrogen (secondary N) is 1. The quantitative estimate of drug-likeness (QED) is 0.834. The van der Waals surface area contributed by atoms with Crippen LogP contribution in [0.1, 0.15) is 18.9 Å². The first-order valence-corrected chi connectivity index (χ1v) is 7.88. The van der Waals surface area contributed by atoms with Gasteiger partial charge in [0, 0.05) is 25.8 Å². The Morgan fingerprint density at radius 1 is 1.56 bits per heavy atom. The largest absolute Gasteiger partial charge is 0.356 e. The zero-order valence-electron chi connectivity index (χ0n) is 11.5. The number of nitrogens with zero attached hydrogens (tertiary/aromatic N) is 2. The second-order valence-electron chi connectivity index (χ2n) is 4.42. The summed E-state index contributed by atoms with van der Waals surface area (Å²) in [5, 5.41) is 3.82. The highest BCUT2D eigenvalue weighted by atomic mass is 35.5. The average molecular weight is 288 g/mol. The van der Waals surface area contributed by atoms with Gasteiger partial charge in [-0.25, -0.2) is 4.98 Å². The molecule has 0 radical (unpaired) electrons. The smallest absolute Gasteiger partial charge is 0.147 e. The molecule has 102 valence electrons. The summed E-state index contributed by atoms with van der Waals surface area (Å²) in [6.45, 7) is 2.99. The normalized spacial score (nSPS) is 12.5. The van der Waals surface area contributed by atoms with Gasteiger partial charge in [-0.1, -0.05) is 11.6 Å². The molecule has 0 aliphatic rings. The average Bonchev–Trinajstić information content (AvgIpc) is 2.35. The third kappa shape index (κ3) is 4.34. The van der Waals surface area contributed by atoms with E-state index in [1.165, 1.54) is 0 Å². The van der Waals surface area contributed by atoms with E-state index in [-0.39, 0.29) is 0 Å². The third-order valence-electron chi connectivity index (χ3n) is 2.99. The Bertz CT molecular complexity index is 373. The standard InChI is InChI=1S/C13H22ClN3S/c1-10(5-6-18-4)17(3)13-12(14)7-11(8-15-2)9-16-13/h7,9-10,15H,5-6,8H2,1-4H3. The topological polar surface area (TPSA) is 28.2 Å². The van der Waals surface area contributed by atoms with Crippen LogP contribution in [0.25, 0.3) is 0 Å². The molecule has 0 aromatic carbocycles. The van der Waals surface area contributed by atoms with Crippen LogP contribution < -0.4 is 10.2 Å². The Hall–Kier alpha value is -0.450. The predicted octanol–water partition coefficient (Wildman–Crippen LogP) is 3.03. The molecule has 5 heteroatoms. The van der Waals surface area contributed by atoms with Crippen LogP contribution in [0.4, 0.5) is 5.82 Å². The van der Waals surface area contributed by atoms with Gasteiger partial charge in [0.25, 0.3) is 0 Å². The lowest BCUT2D eigenvalue weighted by atomic mass is 10.2. The van der Waals surface area contributed by atoms with E-state index in [2.05, 4.69) is 35.4 Å². The maximum absolute atomic E-state index is 6.30. The van der Waals surface area contributed by atoms with Crippen molar-refractivity contribution >= 4 is 29.2 Å². The summed E-state index contributed by atoms with van der Waals surface area (Å²) in [7, 11) is 3.97. The number of anilines is 1. The van der Waals surface area contributed by atoms with Gasteiger partial charge in [0.2, 0.25) is 0 Å². The van der Waals surface area contributed by atoms with Crippen LogP contribution in [0.2, 0.25) is 5.02 Å². The van der Waals surface area contributed by atoms with Crippen LogP contribution in [0.15, 0.2) is 12.3 Å². The molecule has 18 heavy (non-hydrogen) atoms. The van der Waals surface area contributed by atoms with Crippen LogP contribution in [0.3, 0.4) is 0 Å². The minimum Gasteiger partial charge on any atom is -0.356 e. The van der Waals surface area contributed by atoms with Crippen molar-refractivity contribution < 1.29 is 0 Å². The number of halogens is 1. The highest BCUT2D eigenvalue weighted by Gasteiger charge is 2.14. The van der Waals surface area contributed by atoms with Gasteiger partial charge in [0.1, 0.15) is 5.82 Å². The van der Waals surface area contributed by atoms with Crippen LogP contribution >= 0.6 is 23.4 Å². The lowest BCUT2D eigenvalue weighted by molar-refractivity contribution is 0.661. The minimum atomic E-state index is 0.442. The lowest BCUT2D eigenvalue weighted by Gasteiger charge is -2.26. The van der Waals surface area contributed by atoms with Crippen LogP contribution in [0.5, 0.6) is 0 Å². The number of hydrogen-bond acceptors (Lipinski definition) is 4. The molecular formula is C13H22ClN3S. The Morgan fingerprint density at radius 2 is 2.28 bits per heavy atom. The second kappa shape index (κ2) is 7.87. The Balaban J connectivity index is 2.76. The summed E-state index contributed by atoms with van der Waals surface area (Å²) in [6, 6.07) is 2.43. The zero-order valence-corrected chi connectivity index (χ0v) is 13.1. The number of pyridine rings is 1. The van der Waals surface area contributed by atoms with E-state index in [9.17, 15) is 0 Å². The summed E-state index contributed by atoms with van der Waals surface area (Å²) in [5.41, 5.74) is 1.11. The van der Waals surface area contributed by atoms with E-state index in [1.54, 1.807) is 0 Å². The minimum absolute atomic E-state index is 0.442. The van der Waals surface area contributed by atoms with Gasteiger partial charge in [0.05, 0.1) is 5.02 Å². The molecule has 3 nitrogen and oxygen atoms in total. The SMILES string of the molecule is CNCc1cnc(N(C)C(C)CCSC)c(Cl)c1. The summed E-state index contributed by atoms with van der Waals surface area (Å²) < 4.78 is 0. The summed E-state index contributed by atoms with van der Waals surface area (Å²) in [6.07, 6.45) is 5.15. The highest BCUT2D eigenvalue weighted by molar-refractivity contribution is 7.98. The summed E-state index contributed by atoms with van der Waals surface area (Å²) in [5.74, 6) is 2.02. The van der Waals surface area contributed by atoms with Crippen molar-refractivity contribution in [3.05, 3.63) is 22.8 Å². The Kier molecular flexibility index (Phi) is 6.82. The van der Waals surface area contributed by atoms with Crippen molar-refractivity contribution in [2.24, 2.45) is 0 Å². The predicted molar refractivity (Wildman–Crippen MR) is 82.9 cm³/mol. The molecule has 0 bridgehead atoms. The number of rotatable bonds is 7. The first kappa shape index (κ1) is 15.6. The van der Waals surface area contributed by atoms with Crippen molar-refractivity contribution in [1.82, 2.24) is 10.3 Å². The van der Waals surface area contributed by atoms with Crippen molar-refractivity contribution in [2.45, 2.75) is 25.9 Å². The molecule has 1 rings (SSSR count). The highest BCUT2D eigenvalue weighted by Crippen LogP contribution is 2.25. The first-order valence-electron chi connectivity index (χ1n) is 6.11. The molecule has 1 aromatic heterocycles. The van der Waals surface area contributed by atoms with E-state index in [1.807, 2.05) is 31.1 Å². The fraction of sp³-hybridized carbons (Fsp3) is 0.615. The zero-order chi connectivity index (χ0) is 13.5. The van der Waals surface area contributed by atoms with Gasteiger partial charge in [-0.3, -0.25) is 0 Å². The molecule has 0 aliphatic carbocycles.